The van der Waals surface area contributed by atoms with Gasteiger partial charge in [-0.1, -0.05) is 0 Å². The monoisotopic (exact) mass is 349 g/mol. The van der Waals surface area contributed by atoms with Gasteiger partial charge in [-0.15, -0.1) is 0 Å². The highest BCUT2D eigenvalue weighted by molar-refractivity contribution is 14.1. The summed E-state index contributed by atoms with van der Waals surface area (Å²) >= 11 is 1.94. The minimum Gasteiger partial charge on any atom is -0.454 e. The Labute approximate surface area is 110 Å². The Bertz CT molecular complexity index is 472. The lowest BCUT2D eigenvalue weighted by molar-refractivity contribution is -0.384. The van der Waals surface area contributed by atoms with E-state index in [1.807, 2.05) is 22.6 Å². The largest absolute Gasteiger partial charge is 0.454 e. The number of esters is 1. The smallest absolute Gasteiger partial charge is 0.339 e. The minimum absolute atomic E-state index is 0.123. The molecular formula is C10H8INO5. The summed E-state index contributed by atoms with van der Waals surface area (Å²) in [5.74, 6) is -0.550. The Balaban J connectivity index is 2.20. The summed E-state index contributed by atoms with van der Waals surface area (Å²) in [5.41, 5.74) is 0.0916. The van der Waals surface area contributed by atoms with Gasteiger partial charge in [-0.2, -0.15) is 0 Å². The molecule has 1 saturated heterocycles. The molecule has 0 atom stereocenters. The van der Waals surface area contributed by atoms with E-state index in [-0.39, 0.29) is 17.4 Å². The average molecular weight is 349 g/mol. The van der Waals surface area contributed by atoms with Crippen molar-refractivity contribution in [3.8, 4) is 0 Å². The van der Waals surface area contributed by atoms with Crippen LogP contribution >= 0.6 is 22.6 Å². The molecule has 0 unspecified atom stereocenters. The summed E-state index contributed by atoms with van der Waals surface area (Å²) in [4.78, 5) is 21.8. The summed E-state index contributed by atoms with van der Waals surface area (Å²) in [7, 11) is 0. The van der Waals surface area contributed by atoms with E-state index < -0.39 is 10.9 Å². The second kappa shape index (κ2) is 4.96. The van der Waals surface area contributed by atoms with Gasteiger partial charge in [0.1, 0.15) is 6.10 Å². The number of nitrogens with zero attached hydrogens (tertiary/aromatic N) is 1. The topological polar surface area (TPSA) is 78.7 Å². The lowest BCUT2D eigenvalue weighted by atomic mass is 10.2. The third kappa shape index (κ3) is 2.72. The van der Waals surface area contributed by atoms with Crippen LogP contribution in [0, 0.1) is 13.7 Å². The van der Waals surface area contributed by atoms with Crippen molar-refractivity contribution < 1.29 is 19.2 Å². The van der Waals surface area contributed by atoms with Crippen molar-refractivity contribution >= 4 is 34.2 Å². The standard InChI is InChI=1S/C10H8INO5/c11-9-2-1-6(12(14)15)3-8(9)10(13)17-7-4-16-5-7/h1-3,7H,4-5H2. The summed E-state index contributed by atoms with van der Waals surface area (Å²) < 4.78 is 10.6. The quantitative estimate of drug-likeness (QED) is 0.360. The van der Waals surface area contributed by atoms with E-state index in [0.717, 1.165) is 0 Å². The second-order valence-electron chi connectivity index (χ2n) is 3.49. The molecule has 2 rings (SSSR count). The van der Waals surface area contributed by atoms with E-state index in [2.05, 4.69) is 0 Å². The number of carbonyl (C=O) groups is 1. The molecule has 0 spiro atoms. The highest BCUT2D eigenvalue weighted by atomic mass is 127. The molecule has 0 amide bonds. The number of halogens is 1. The molecule has 0 saturated carbocycles. The Morgan fingerprint density at radius 2 is 2.24 bits per heavy atom. The molecule has 1 aliphatic rings. The molecule has 17 heavy (non-hydrogen) atoms. The number of hydrogen-bond acceptors (Lipinski definition) is 5. The number of carbonyl (C=O) groups excluding carboxylic acids is 1. The lowest BCUT2D eigenvalue weighted by Gasteiger charge is -2.25. The summed E-state index contributed by atoms with van der Waals surface area (Å²) in [6, 6.07) is 4.10. The molecule has 0 aromatic heterocycles. The Hall–Kier alpha value is -1.22. The fraction of sp³-hybridized carbons (Fsp3) is 0.300. The predicted octanol–water partition coefficient (Wildman–Crippen LogP) is 1.75. The molecular weight excluding hydrogens is 341 g/mol. The van der Waals surface area contributed by atoms with Crippen LogP contribution in [0.25, 0.3) is 0 Å². The van der Waals surface area contributed by atoms with Gasteiger partial charge in [0.15, 0.2) is 0 Å². The first-order valence-electron chi connectivity index (χ1n) is 4.80. The zero-order valence-electron chi connectivity index (χ0n) is 8.59. The molecule has 0 radical (unpaired) electrons. The Kier molecular flexibility index (Phi) is 3.57. The van der Waals surface area contributed by atoms with Crippen LogP contribution in [0.2, 0.25) is 0 Å². The van der Waals surface area contributed by atoms with Gasteiger partial charge in [-0.3, -0.25) is 10.1 Å². The highest BCUT2D eigenvalue weighted by Gasteiger charge is 2.25. The molecule has 0 aliphatic carbocycles. The lowest BCUT2D eigenvalue weighted by Crippen LogP contribution is -2.37. The van der Waals surface area contributed by atoms with Crippen molar-refractivity contribution in [2.24, 2.45) is 0 Å². The highest BCUT2D eigenvalue weighted by Crippen LogP contribution is 2.21. The third-order valence-electron chi connectivity index (χ3n) is 2.26. The van der Waals surface area contributed by atoms with Gasteiger partial charge in [-0.05, 0) is 28.7 Å². The first-order valence-corrected chi connectivity index (χ1v) is 5.88. The van der Waals surface area contributed by atoms with Crippen LogP contribution in [0.1, 0.15) is 10.4 Å². The number of hydrogen-bond donors (Lipinski definition) is 0. The van der Waals surface area contributed by atoms with E-state index in [0.29, 0.717) is 16.8 Å². The fourth-order valence-electron chi connectivity index (χ4n) is 1.28. The fourth-order valence-corrected chi connectivity index (χ4v) is 1.84. The number of non-ortho nitro benzene ring substituents is 1. The van der Waals surface area contributed by atoms with Crippen LogP contribution in [-0.2, 0) is 9.47 Å². The molecule has 90 valence electrons. The van der Waals surface area contributed by atoms with Gasteiger partial charge in [0.05, 0.1) is 23.7 Å². The number of rotatable bonds is 3. The first kappa shape index (κ1) is 12.2. The van der Waals surface area contributed by atoms with Crippen molar-refractivity contribution in [1.82, 2.24) is 0 Å². The predicted molar refractivity (Wildman–Crippen MR) is 65.8 cm³/mol. The zero-order chi connectivity index (χ0) is 12.4. The van der Waals surface area contributed by atoms with Gasteiger partial charge in [0, 0.05) is 15.7 Å². The van der Waals surface area contributed by atoms with Gasteiger partial charge < -0.3 is 9.47 Å². The van der Waals surface area contributed by atoms with Gasteiger partial charge in [-0.25, -0.2) is 4.79 Å². The molecule has 6 nitrogen and oxygen atoms in total. The van der Waals surface area contributed by atoms with Crippen LogP contribution in [0.4, 0.5) is 5.69 Å². The number of nitro benzene ring substituents is 1. The van der Waals surface area contributed by atoms with E-state index >= 15 is 0 Å². The molecule has 1 fully saturated rings. The van der Waals surface area contributed by atoms with Crippen LogP contribution in [0.3, 0.4) is 0 Å². The van der Waals surface area contributed by atoms with Crippen molar-refractivity contribution in [3.63, 3.8) is 0 Å². The molecule has 1 heterocycles. The van der Waals surface area contributed by atoms with Crippen molar-refractivity contribution in [2.75, 3.05) is 13.2 Å². The maximum Gasteiger partial charge on any atom is 0.339 e. The van der Waals surface area contributed by atoms with Gasteiger partial charge >= 0.3 is 5.97 Å². The molecule has 1 aliphatic heterocycles. The zero-order valence-corrected chi connectivity index (χ0v) is 10.7. The van der Waals surface area contributed by atoms with Crippen LogP contribution < -0.4 is 0 Å². The number of ether oxygens (including phenoxy) is 2. The average Bonchev–Trinajstić information content (AvgIpc) is 2.23. The minimum atomic E-state index is -0.550. The van der Waals surface area contributed by atoms with Crippen molar-refractivity contribution in [1.29, 1.82) is 0 Å². The number of benzene rings is 1. The third-order valence-corrected chi connectivity index (χ3v) is 3.20. The maximum absolute atomic E-state index is 11.7. The Morgan fingerprint density at radius 3 is 2.76 bits per heavy atom. The van der Waals surface area contributed by atoms with Crippen LogP contribution in [0.15, 0.2) is 18.2 Å². The van der Waals surface area contributed by atoms with Gasteiger partial charge in [0.25, 0.3) is 5.69 Å². The molecule has 0 bridgehead atoms. The van der Waals surface area contributed by atoms with Crippen LogP contribution in [-0.4, -0.2) is 30.2 Å². The summed E-state index contributed by atoms with van der Waals surface area (Å²) in [6.45, 7) is 0.772. The molecule has 1 aromatic rings. The first-order chi connectivity index (χ1) is 8.08. The van der Waals surface area contributed by atoms with E-state index in [1.54, 1.807) is 0 Å². The van der Waals surface area contributed by atoms with Crippen molar-refractivity contribution in [3.05, 3.63) is 37.4 Å². The van der Waals surface area contributed by atoms with E-state index in [1.165, 1.54) is 18.2 Å². The number of nitro groups is 1. The SMILES string of the molecule is O=C(OC1COC1)c1cc([N+](=O)[O-])ccc1I. The maximum atomic E-state index is 11.7. The molecule has 0 N–H and O–H groups in total. The van der Waals surface area contributed by atoms with Gasteiger partial charge in [0.2, 0.25) is 0 Å². The molecule has 7 heteroatoms. The molecule has 1 aromatic carbocycles. The Morgan fingerprint density at radius 1 is 1.53 bits per heavy atom. The normalized spacial score (nSPS) is 15.1. The van der Waals surface area contributed by atoms with Crippen LogP contribution in [0.5, 0.6) is 0 Å². The van der Waals surface area contributed by atoms with E-state index in [9.17, 15) is 14.9 Å². The van der Waals surface area contributed by atoms with E-state index in [4.69, 9.17) is 9.47 Å². The second-order valence-corrected chi connectivity index (χ2v) is 4.65. The summed E-state index contributed by atoms with van der Waals surface area (Å²) in [5, 5.41) is 10.6. The summed E-state index contributed by atoms with van der Waals surface area (Å²) in [6.07, 6.45) is -0.238. The van der Waals surface area contributed by atoms with Crippen molar-refractivity contribution in [2.45, 2.75) is 6.10 Å².